The molecule has 1 unspecified atom stereocenters. The van der Waals surface area contributed by atoms with Crippen molar-refractivity contribution in [2.45, 2.75) is 22.3 Å². The molecule has 0 radical (unpaired) electrons. The van der Waals surface area contributed by atoms with E-state index in [1.807, 2.05) is 12.1 Å². The first-order chi connectivity index (χ1) is 7.39. The van der Waals surface area contributed by atoms with Crippen molar-refractivity contribution in [3.05, 3.63) is 24.3 Å². The Hall–Kier alpha value is -0.520. The molecule has 1 fully saturated rings. The van der Waals surface area contributed by atoms with E-state index in [1.165, 1.54) is 6.26 Å². The van der Waals surface area contributed by atoms with E-state index in [-0.39, 0.29) is 5.60 Å². The van der Waals surface area contributed by atoms with E-state index >= 15 is 0 Å². The first-order valence-electron chi connectivity index (χ1n) is 4.96. The third-order valence-electron chi connectivity index (χ3n) is 2.43. The van der Waals surface area contributed by atoms with Crippen molar-refractivity contribution >= 4 is 21.6 Å². The molecule has 1 aromatic carbocycles. The van der Waals surface area contributed by atoms with Gasteiger partial charge in [-0.3, -0.25) is 0 Å². The molecule has 0 aliphatic carbocycles. The van der Waals surface area contributed by atoms with Crippen molar-refractivity contribution < 1.29 is 13.2 Å². The van der Waals surface area contributed by atoms with Crippen LogP contribution in [-0.4, -0.2) is 32.6 Å². The van der Waals surface area contributed by atoms with Crippen LogP contribution in [0, 0.1) is 0 Å². The zero-order valence-electron chi connectivity index (χ0n) is 9.26. The average molecular weight is 258 g/mol. The minimum absolute atomic E-state index is 0.0279. The van der Waals surface area contributed by atoms with Gasteiger partial charge in [-0.1, -0.05) is 0 Å². The first kappa shape index (κ1) is 12.0. The molecule has 0 saturated carbocycles. The summed E-state index contributed by atoms with van der Waals surface area (Å²) in [7, 11) is -3.08. The maximum atomic E-state index is 11.2. The molecule has 0 amide bonds. The van der Waals surface area contributed by atoms with Gasteiger partial charge in [-0.05, 0) is 31.2 Å². The summed E-state index contributed by atoms with van der Waals surface area (Å²) in [6.45, 7) is 2.90. The summed E-state index contributed by atoms with van der Waals surface area (Å²) in [6, 6.07) is 6.97. The summed E-state index contributed by atoms with van der Waals surface area (Å²) in [6.07, 6.45) is 1.22. The van der Waals surface area contributed by atoms with Crippen LogP contribution in [0.5, 0.6) is 0 Å². The van der Waals surface area contributed by atoms with Crippen LogP contribution in [0.4, 0.5) is 0 Å². The molecule has 1 atom stereocenters. The predicted octanol–water partition coefficient (Wildman–Crippen LogP) is 1.97. The highest BCUT2D eigenvalue weighted by Gasteiger charge is 2.38. The highest BCUT2D eigenvalue weighted by Crippen LogP contribution is 2.33. The number of ether oxygens (including phenoxy) is 1. The van der Waals surface area contributed by atoms with Gasteiger partial charge in [0.25, 0.3) is 0 Å². The Balaban J connectivity index is 2.02. The summed E-state index contributed by atoms with van der Waals surface area (Å²) in [5.74, 6) is 0.908. The Morgan fingerprint density at radius 1 is 1.38 bits per heavy atom. The Morgan fingerprint density at radius 2 is 1.94 bits per heavy atom. The molecule has 1 aliphatic rings. The van der Waals surface area contributed by atoms with Crippen molar-refractivity contribution in [1.29, 1.82) is 0 Å². The standard InChI is InChI=1S/C11H14O3S2/c1-11(7-14-11)8-15-9-3-5-10(6-4-9)16(2,12)13/h3-6H,7-8H2,1-2H3. The molecule has 1 heterocycles. The molecule has 5 heteroatoms. The van der Waals surface area contributed by atoms with Crippen molar-refractivity contribution in [3.63, 3.8) is 0 Å². The van der Waals surface area contributed by atoms with Gasteiger partial charge in [0.05, 0.1) is 17.1 Å². The molecule has 0 N–H and O–H groups in total. The van der Waals surface area contributed by atoms with Gasteiger partial charge in [0, 0.05) is 16.9 Å². The van der Waals surface area contributed by atoms with Crippen LogP contribution in [0.3, 0.4) is 0 Å². The largest absolute Gasteiger partial charge is 0.369 e. The minimum Gasteiger partial charge on any atom is -0.369 e. The Bertz CT molecular complexity index is 472. The molecule has 0 bridgehead atoms. The second-order valence-electron chi connectivity index (χ2n) is 4.27. The molecule has 88 valence electrons. The normalized spacial score (nSPS) is 24.4. The van der Waals surface area contributed by atoms with Gasteiger partial charge in [0.15, 0.2) is 9.84 Å². The van der Waals surface area contributed by atoms with Gasteiger partial charge in [-0.2, -0.15) is 0 Å². The third-order valence-corrected chi connectivity index (χ3v) is 4.92. The van der Waals surface area contributed by atoms with E-state index in [1.54, 1.807) is 23.9 Å². The van der Waals surface area contributed by atoms with Gasteiger partial charge in [0.2, 0.25) is 0 Å². The number of hydrogen-bond donors (Lipinski definition) is 0. The number of benzene rings is 1. The summed E-state index contributed by atoms with van der Waals surface area (Å²) < 4.78 is 27.8. The van der Waals surface area contributed by atoms with E-state index in [0.29, 0.717) is 4.90 Å². The van der Waals surface area contributed by atoms with Crippen molar-refractivity contribution in [2.75, 3.05) is 18.6 Å². The minimum atomic E-state index is -3.08. The van der Waals surface area contributed by atoms with Crippen LogP contribution < -0.4 is 0 Å². The quantitative estimate of drug-likeness (QED) is 0.612. The predicted molar refractivity (Wildman–Crippen MR) is 64.6 cm³/mol. The fourth-order valence-electron chi connectivity index (χ4n) is 1.23. The second-order valence-corrected chi connectivity index (χ2v) is 7.34. The van der Waals surface area contributed by atoms with Crippen LogP contribution in [0.15, 0.2) is 34.1 Å². The fraction of sp³-hybridized carbons (Fsp3) is 0.455. The smallest absolute Gasteiger partial charge is 0.175 e. The van der Waals surface area contributed by atoms with Gasteiger partial charge in [-0.25, -0.2) is 8.42 Å². The molecule has 0 spiro atoms. The van der Waals surface area contributed by atoms with Crippen LogP contribution in [0.2, 0.25) is 0 Å². The molecule has 1 aliphatic heterocycles. The average Bonchev–Trinajstić information content (AvgIpc) is 2.94. The lowest BCUT2D eigenvalue weighted by atomic mass is 10.3. The fourth-order valence-corrected chi connectivity index (χ4v) is 2.82. The maximum absolute atomic E-state index is 11.2. The number of hydrogen-bond acceptors (Lipinski definition) is 4. The first-order valence-corrected chi connectivity index (χ1v) is 7.84. The zero-order valence-corrected chi connectivity index (χ0v) is 10.9. The van der Waals surface area contributed by atoms with E-state index in [2.05, 4.69) is 6.92 Å². The summed E-state index contributed by atoms with van der Waals surface area (Å²) in [4.78, 5) is 1.44. The lowest BCUT2D eigenvalue weighted by Crippen LogP contribution is -2.07. The third kappa shape index (κ3) is 2.99. The van der Waals surface area contributed by atoms with Gasteiger partial charge < -0.3 is 4.74 Å². The number of thioether (sulfide) groups is 1. The number of rotatable bonds is 4. The van der Waals surface area contributed by atoms with Crippen molar-refractivity contribution in [1.82, 2.24) is 0 Å². The lowest BCUT2D eigenvalue weighted by molar-refractivity contribution is 0.348. The summed E-state index contributed by atoms with van der Waals surface area (Å²) in [5.41, 5.74) is 0.0279. The molecule has 3 nitrogen and oxygen atoms in total. The molecular formula is C11H14O3S2. The van der Waals surface area contributed by atoms with Crippen LogP contribution >= 0.6 is 11.8 Å². The van der Waals surface area contributed by atoms with E-state index in [0.717, 1.165) is 17.3 Å². The van der Waals surface area contributed by atoms with Crippen molar-refractivity contribution in [3.8, 4) is 0 Å². The molecular weight excluding hydrogens is 244 g/mol. The Labute approximate surface area is 100 Å². The second kappa shape index (κ2) is 4.05. The number of sulfone groups is 1. The van der Waals surface area contributed by atoms with Crippen LogP contribution in [-0.2, 0) is 14.6 Å². The van der Waals surface area contributed by atoms with Crippen molar-refractivity contribution in [2.24, 2.45) is 0 Å². The van der Waals surface area contributed by atoms with Gasteiger partial charge >= 0.3 is 0 Å². The van der Waals surface area contributed by atoms with Crippen LogP contribution in [0.1, 0.15) is 6.92 Å². The highest BCUT2D eigenvalue weighted by atomic mass is 32.2. The van der Waals surface area contributed by atoms with Gasteiger partial charge in [0.1, 0.15) is 0 Å². The highest BCUT2D eigenvalue weighted by molar-refractivity contribution is 7.99. The summed E-state index contributed by atoms with van der Waals surface area (Å²) in [5, 5.41) is 0. The molecule has 2 rings (SSSR count). The van der Waals surface area contributed by atoms with E-state index < -0.39 is 9.84 Å². The SMILES string of the molecule is CC1(CSc2ccc(S(C)(=O)=O)cc2)CO1. The lowest BCUT2D eigenvalue weighted by Gasteiger charge is -2.05. The maximum Gasteiger partial charge on any atom is 0.175 e. The topological polar surface area (TPSA) is 46.7 Å². The van der Waals surface area contributed by atoms with E-state index in [4.69, 9.17) is 4.74 Å². The molecule has 1 saturated heterocycles. The Kier molecular flexibility index (Phi) is 3.03. The zero-order chi connectivity index (χ0) is 11.8. The van der Waals surface area contributed by atoms with Gasteiger partial charge in [-0.15, -0.1) is 11.8 Å². The Morgan fingerprint density at radius 3 is 2.38 bits per heavy atom. The molecule has 16 heavy (non-hydrogen) atoms. The number of epoxide rings is 1. The summed E-state index contributed by atoms with van der Waals surface area (Å²) >= 11 is 1.69. The van der Waals surface area contributed by atoms with E-state index in [9.17, 15) is 8.42 Å². The molecule has 1 aromatic rings. The monoisotopic (exact) mass is 258 g/mol. The van der Waals surface area contributed by atoms with Crippen LogP contribution in [0.25, 0.3) is 0 Å². The molecule has 0 aromatic heterocycles.